The van der Waals surface area contributed by atoms with Crippen LogP contribution in [0.1, 0.15) is 43.5 Å². The number of piperazine rings is 1. The first-order chi connectivity index (χ1) is 17.1. The van der Waals surface area contributed by atoms with Crippen LogP contribution in [0.2, 0.25) is 0 Å². The van der Waals surface area contributed by atoms with E-state index in [1.165, 1.54) is 5.69 Å². The Morgan fingerprint density at radius 3 is 2.23 bits per heavy atom. The summed E-state index contributed by atoms with van der Waals surface area (Å²) in [6.07, 6.45) is 2.40. The lowest BCUT2D eigenvalue weighted by Crippen LogP contribution is -2.47. The molecule has 2 aliphatic heterocycles. The van der Waals surface area contributed by atoms with Crippen LogP contribution < -0.4 is 9.80 Å². The van der Waals surface area contributed by atoms with Gasteiger partial charge in [0.05, 0.1) is 5.69 Å². The second-order valence-electron chi connectivity index (χ2n) is 9.61. The minimum atomic E-state index is -0.552. The number of hydrogen-bond acceptors (Lipinski definition) is 5. The number of ketones is 1. The summed E-state index contributed by atoms with van der Waals surface area (Å²) in [6.45, 7) is 13.0. The fraction of sp³-hybridized carbons (Fsp3) is 0.517. The molecule has 0 N–H and O–H groups in total. The van der Waals surface area contributed by atoms with Crippen molar-refractivity contribution in [2.45, 2.75) is 33.1 Å². The zero-order valence-corrected chi connectivity index (χ0v) is 21.4. The Labute approximate surface area is 210 Å². The van der Waals surface area contributed by atoms with Gasteiger partial charge in [-0.15, -0.1) is 0 Å². The van der Waals surface area contributed by atoms with Crippen LogP contribution in [0.25, 0.3) is 0 Å². The number of anilines is 2. The third-order valence-corrected chi connectivity index (χ3v) is 7.55. The highest BCUT2D eigenvalue weighted by Gasteiger charge is 2.38. The van der Waals surface area contributed by atoms with Gasteiger partial charge in [0.15, 0.2) is 5.78 Å². The Hall–Kier alpha value is -2.70. The van der Waals surface area contributed by atoms with E-state index in [9.17, 15) is 9.59 Å². The molecule has 2 aromatic carbocycles. The van der Waals surface area contributed by atoms with E-state index < -0.39 is 5.92 Å². The van der Waals surface area contributed by atoms with Crippen molar-refractivity contribution < 1.29 is 9.59 Å². The minimum absolute atomic E-state index is 0.000472. The van der Waals surface area contributed by atoms with Crippen LogP contribution in [0.4, 0.5) is 11.4 Å². The largest absolute Gasteiger partial charge is 0.369 e. The average molecular weight is 477 g/mol. The molecule has 0 saturated carbocycles. The molecular weight excluding hydrogens is 436 g/mol. The van der Waals surface area contributed by atoms with Gasteiger partial charge in [-0.2, -0.15) is 0 Å². The number of hydrogen-bond donors (Lipinski definition) is 0. The normalized spacial score (nSPS) is 18.9. The molecule has 0 bridgehead atoms. The molecule has 35 heavy (non-hydrogen) atoms. The number of rotatable bonds is 11. The quantitative estimate of drug-likeness (QED) is 0.456. The van der Waals surface area contributed by atoms with E-state index in [0.29, 0.717) is 18.5 Å². The number of Topliss-reactive ketones (excluding diaryl/α,β-unsaturated/α-hetero) is 1. The number of nitrogens with zero attached hydrogens (tertiary/aromatic N) is 4. The van der Waals surface area contributed by atoms with Gasteiger partial charge in [-0.25, -0.2) is 0 Å². The zero-order valence-electron chi connectivity index (χ0n) is 21.4. The lowest BCUT2D eigenvalue weighted by molar-refractivity contribution is -0.121. The zero-order chi connectivity index (χ0) is 24.6. The van der Waals surface area contributed by atoms with Gasteiger partial charge in [-0.3, -0.25) is 14.5 Å². The first-order valence-electron chi connectivity index (χ1n) is 13.3. The second-order valence-corrected chi connectivity index (χ2v) is 9.61. The van der Waals surface area contributed by atoms with Crippen molar-refractivity contribution in [2.75, 3.05) is 68.7 Å². The van der Waals surface area contributed by atoms with Crippen molar-refractivity contribution in [1.82, 2.24) is 9.80 Å². The molecule has 2 aliphatic rings. The molecule has 0 spiro atoms. The molecule has 0 radical (unpaired) electrons. The van der Waals surface area contributed by atoms with E-state index >= 15 is 0 Å². The molecular formula is C29H40N4O2. The van der Waals surface area contributed by atoms with Crippen LogP contribution in [0.15, 0.2) is 54.6 Å². The molecule has 0 aliphatic carbocycles. The van der Waals surface area contributed by atoms with E-state index in [-0.39, 0.29) is 11.7 Å². The lowest BCUT2D eigenvalue weighted by Gasteiger charge is -2.37. The molecule has 1 saturated heterocycles. The summed E-state index contributed by atoms with van der Waals surface area (Å²) in [5.41, 5.74) is 2.78. The van der Waals surface area contributed by atoms with Gasteiger partial charge in [0.25, 0.3) is 0 Å². The monoisotopic (exact) mass is 476 g/mol. The Morgan fingerprint density at radius 2 is 1.51 bits per heavy atom. The van der Waals surface area contributed by atoms with Crippen molar-refractivity contribution in [3.05, 3.63) is 60.2 Å². The fourth-order valence-electron chi connectivity index (χ4n) is 5.39. The summed E-state index contributed by atoms with van der Waals surface area (Å²) < 4.78 is 0. The van der Waals surface area contributed by atoms with E-state index in [0.717, 1.165) is 70.9 Å². The second kappa shape index (κ2) is 12.3. The van der Waals surface area contributed by atoms with Crippen LogP contribution in [-0.2, 0) is 4.79 Å². The Kier molecular flexibility index (Phi) is 8.94. The smallest absolute Gasteiger partial charge is 0.237 e. The molecule has 0 aromatic heterocycles. The van der Waals surface area contributed by atoms with Crippen LogP contribution >= 0.6 is 0 Å². The highest BCUT2D eigenvalue weighted by atomic mass is 16.2. The summed E-state index contributed by atoms with van der Waals surface area (Å²) in [7, 11) is 0. The van der Waals surface area contributed by atoms with Crippen LogP contribution in [0, 0.1) is 5.92 Å². The van der Waals surface area contributed by atoms with E-state index in [2.05, 4.69) is 58.9 Å². The molecule has 4 rings (SSSR count). The summed E-state index contributed by atoms with van der Waals surface area (Å²) in [4.78, 5) is 35.9. The topological polar surface area (TPSA) is 47.1 Å². The highest BCUT2D eigenvalue weighted by Crippen LogP contribution is 2.32. The number of para-hydroxylation sites is 2. The molecule has 1 unspecified atom stereocenters. The van der Waals surface area contributed by atoms with Crippen LogP contribution in [0.3, 0.4) is 0 Å². The Bertz CT molecular complexity index is 968. The average Bonchev–Trinajstić information content (AvgIpc) is 2.91. The minimum Gasteiger partial charge on any atom is -0.369 e. The maximum atomic E-state index is 13.5. The molecule has 1 amide bonds. The SMILES string of the molecule is CCN(CC)CCCN1C(=O)C(CCCN2CCN(c3ccccc3)CC2)C(=O)c2ccccc21. The Morgan fingerprint density at radius 1 is 0.829 bits per heavy atom. The van der Waals surface area contributed by atoms with E-state index in [1.54, 1.807) is 0 Å². The van der Waals surface area contributed by atoms with E-state index in [1.807, 2.05) is 29.2 Å². The third-order valence-electron chi connectivity index (χ3n) is 7.55. The molecule has 2 heterocycles. The van der Waals surface area contributed by atoms with Gasteiger partial charge < -0.3 is 14.7 Å². The number of amides is 1. The number of fused-ring (bicyclic) bond motifs is 1. The summed E-state index contributed by atoms with van der Waals surface area (Å²) >= 11 is 0. The maximum absolute atomic E-state index is 13.5. The molecule has 6 nitrogen and oxygen atoms in total. The fourth-order valence-corrected chi connectivity index (χ4v) is 5.39. The molecule has 1 atom stereocenters. The first-order valence-corrected chi connectivity index (χ1v) is 13.3. The molecule has 1 fully saturated rings. The number of benzene rings is 2. The molecule has 2 aromatic rings. The summed E-state index contributed by atoms with van der Waals surface area (Å²) in [5.74, 6) is -0.564. The predicted octanol–water partition coefficient (Wildman–Crippen LogP) is 4.17. The van der Waals surface area contributed by atoms with Gasteiger partial charge in [-0.1, -0.05) is 44.2 Å². The lowest BCUT2D eigenvalue weighted by atomic mass is 9.87. The number of carbonyl (C=O) groups is 2. The van der Waals surface area contributed by atoms with E-state index in [4.69, 9.17) is 0 Å². The standard InChI is InChI=1S/C29H40N4O2/c1-3-30(4-2)18-11-19-33-27-16-9-8-14-25(27)28(34)26(29(33)35)15-10-17-31-20-22-32(23-21-31)24-12-6-5-7-13-24/h5-9,12-14,16,26H,3-4,10-11,15,17-23H2,1-2H3. The van der Waals surface area contributed by atoms with Gasteiger partial charge in [0, 0.05) is 44.0 Å². The molecule has 6 heteroatoms. The maximum Gasteiger partial charge on any atom is 0.237 e. The van der Waals surface area contributed by atoms with Crippen molar-refractivity contribution in [1.29, 1.82) is 0 Å². The van der Waals surface area contributed by atoms with Crippen molar-refractivity contribution in [3.8, 4) is 0 Å². The van der Waals surface area contributed by atoms with Gasteiger partial charge in [0.1, 0.15) is 5.92 Å². The third kappa shape index (κ3) is 6.11. The summed E-state index contributed by atoms with van der Waals surface area (Å²) in [6, 6.07) is 18.2. The number of carbonyl (C=O) groups excluding carboxylic acids is 2. The van der Waals surface area contributed by atoms with Gasteiger partial charge in [-0.05, 0) is 69.7 Å². The highest BCUT2D eigenvalue weighted by molar-refractivity contribution is 6.21. The van der Waals surface area contributed by atoms with Crippen LogP contribution in [0.5, 0.6) is 0 Å². The predicted molar refractivity (Wildman–Crippen MR) is 143 cm³/mol. The van der Waals surface area contributed by atoms with Crippen molar-refractivity contribution in [2.24, 2.45) is 5.92 Å². The van der Waals surface area contributed by atoms with Gasteiger partial charge >= 0.3 is 0 Å². The first kappa shape index (κ1) is 25.4. The van der Waals surface area contributed by atoms with Crippen LogP contribution in [-0.4, -0.2) is 80.4 Å². The molecule has 188 valence electrons. The summed E-state index contributed by atoms with van der Waals surface area (Å²) in [5, 5.41) is 0. The van der Waals surface area contributed by atoms with Crippen molar-refractivity contribution >= 4 is 23.1 Å². The van der Waals surface area contributed by atoms with Gasteiger partial charge in [0.2, 0.25) is 5.91 Å². The Balaban J connectivity index is 1.32. The van der Waals surface area contributed by atoms with Crippen molar-refractivity contribution in [3.63, 3.8) is 0 Å².